The molecule has 4 nitrogen and oxygen atoms in total. The Morgan fingerprint density at radius 1 is 1.33 bits per heavy atom. The molecule has 0 aliphatic carbocycles. The first-order chi connectivity index (χ1) is 6.83. The highest BCUT2D eigenvalue weighted by atomic mass is 32.2. The first kappa shape index (κ1) is 14.9. The second-order valence-electron chi connectivity index (χ2n) is 4.37. The van der Waals surface area contributed by atoms with E-state index in [1.807, 2.05) is 13.8 Å². The average molecular weight is 237 g/mol. The molecular weight excluding hydrogens is 214 g/mol. The van der Waals surface area contributed by atoms with Crippen LogP contribution in [0.2, 0.25) is 0 Å². The van der Waals surface area contributed by atoms with Crippen LogP contribution in [0, 0.1) is 0 Å². The second kappa shape index (κ2) is 6.45. The fourth-order valence-corrected chi connectivity index (χ4v) is 2.10. The Hall–Kier alpha value is -0.130. The van der Waals surface area contributed by atoms with Gasteiger partial charge in [-0.3, -0.25) is 0 Å². The summed E-state index contributed by atoms with van der Waals surface area (Å²) in [5.41, 5.74) is -0.120. The molecule has 92 valence electrons. The van der Waals surface area contributed by atoms with Gasteiger partial charge in [0.25, 0.3) is 0 Å². The highest BCUT2D eigenvalue weighted by molar-refractivity contribution is 7.91. The van der Waals surface area contributed by atoms with Crippen LogP contribution in [0.1, 0.15) is 33.6 Å². The van der Waals surface area contributed by atoms with Gasteiger partial charge in [0.2, 0.25) is 0 Å². The number of hydrogen-bond acceptors (Lipinski definition) is 4. The summed E-state index contributed by atoms with van der Waals surface area (Å²) in [5, 5.41) is 12.0. The molecule has 0 saturated carbocycles. The fraction of sp³-hybridized carbons (Fsp3) is 1.00. The number of rotatable bonds is 8. The van der Waals surface area contributed by atoms with E-state index in [1.165, 1.54) is 0 Å². The SMILES string of the molecule is CCS(=O)(=O)CCCNC(C)(C)CCO. The second-order valence-corrected chi connectivity index (χ2v) is 6.85. The van der Waals surface area contributed by atoms with Crippen molar-refractivity contribution in [2.75, 3.05) is 24.7 Å². The van der Waals surface area contributed by atoms with Crippen molar-refractivity contribution < 1.29 is 13.5 Å². The van der Waals surface area contributed by atoms with Gasteiger partial charge in [-0.15, -0.1) is 0 Å². The molecule has 0 atom stereocenters. The molecule has 0 fully saturated rings. The Labute approximate surface area is 93.0 Å². The van der Waals surface area contributed by atoms with E-state index >= 15 is 0 Å². The Morgan fingerprint density at radius 2 is 1.93 bits per heavy atom. The van der Waals surface area contributed by atoms with Crippen LogP contribution in [0.3, 0.4) is 0 Å². The van der Waals surface area contributed by atoms with E-state index in [4.69, 9.17) is 5.11 Å². The molecule has 0 amide bonds. The Balaban J connectivity index is 3.72. The molecule has 0 aliphatic rings. The summed E-state index contributed by atoms with van der Waals surface area (Å²) < 4.78 is 22.4. The van der Waals surface area contributed by atoms with Gasteiger partial charge in [-0.25, -0.2) is 8.42 Å². The summed E-state index contributed by atoms with van der Waals surface area (Å²) in [6.07, 6.45) is 1.30. The van der Waals surface area contributed by atoms with Crippen LogP contribution < -0.4 is 5.32 Å². The molecule has 0 heterocycles. The summed E-state index contributed by atoms with van der Waals surface area (Å²) in [5.74, 6) is 0.457. The Kier molecular flexibility index (Phi) is 6.40. The van der Waals surface area contributed by atoms with Crippen LogP contribution in [0.25, 0.3) is 0 Å². The molecule has 5 heteroatoms. The summed E-state index contributed by atoms with van der Waals surface area (Å²) >= 11 is 0. The first-order valence-corrected chi connectivity index (χ1v) is 7.21. The van der Waals surface area contributed by atoms with Crippen molar-refractivity contribution in [3.8, 4) is 0 Å². The van der Waals surface area contributed by atoms with Crippen LogP contribution in [0.4, 0.5) is 0 Å². The molecule has 2 N–H and O–H groups in total. The lowest BCUT2D eigenvalue weighted by molar-refractivity contribution is 0.231. The minimum absolute atomic E-state index is 0.120. The van der Waals surface area contributed by atoms with Crippen LogP contribution in [-0.4, -0.2) is 43.7 Å². The molecule has 0 rings (SSSR count). The summed E-state index contributed by atoms with van der Waals surface area (Å²) in [4.78, 5) is 0. The molecular formula is C10H23NO3S. The molecule has 0 saturated heterocycles. The van der Waals surface area contributed by atoms with E-state index in [0.29, 0.717) is 19.4 Å². The van der Waals surface area contributed by atoms with Gasteiger partial charge in [0.05, 0.1) is 5.75 Å². The monoisotopic (exact) mass is 237 g/mol. The molecule has 0 spiro atoms. The average Bonchev–Trinajstić information content (AvgIpc) is 2.13. The predicted octanol–water partition coefficient (Wildman–Crippen LogP) is 0.562. The standard InChI is InChI=1S/C10H23NO3S/c1-4-15(13,14)9-5-7-11-10(2,3)6-8-12/h11-12H,4-9H2,1-3H3. The van der Waals surface area contributed by atoms with E-state index in [-0.39, 0.29) is 23.7 Å². The number of aliphatic hydroxyl groups is 1. The van der Waals surface area contributed by atoms with E-state index in [0.717, 1.165) is 0 Å². The minimum Gasteiger partial charge on any atom is -0.396 e. The minimum atomic E-state index is -2.84. The smallest absolute Gasteiger partial charge is 0.150 e. The number of aliphatic hydroxyl groups excluding tert-OH is 1. The van der Waals surface area contributed by atoms with Gasteiger partial charge in [-0.05, 0) is 33.2 Å². The number of hydrogen-bond donors (Lipinski definition) is 2. The van der Waals surface area contributed by atoms with Crippen molar-refractivity contribution in [3.63, 3.8) is 0 Å². The van der Waals surface area contributed by atoms with E-state index in [1.54, 1.807) is 6.92 Å². The zero-order valence-corrected chi connectivity index (χ0v) is 10.7. The lowest BCUT2D eigenvalue weighted by Gasteiger charge is -2.25. The van der Waals surface area contributed by atoms with Gasteiger partial charge < -0.3 is 10.4 Å². The third-order valence-electron chi connectivity index (χ3n) is 2.41. The van der Waals surface area contributed by atoms with Gasteiger partial charge in [0.1, 0.15) is 9.84 Å². The Morgan fingerprint density at radius 3 is 2.40 bits per heavy atom. The van der Waals surface area contributed by atoms with Gasteiger partial charge in [0, 0.05) is 17.9 Å². The topological polar surface area (TPSA) is 66.4 Å². The zero-order chi connectivity index (χ0) is 11.9. The van der Waals surface area contributed by atoms with Crippen molar-refractivity contribution >= 4 is 9.84 Å². The molecule has 0 radical (unpaired) electrons. The molecule has 0 aromatic carbocycles. The van der Waals surface area contributed by atoms with Gasteiger partial charge >= 0.3 is 0 Å². The van der Waals surface area contributed by atoms with Gasteiger partial charge in [-0.1, -0.05) is 6.92 Å². The molecule has 0 aromatic rings. The Bertz CT molecular complexity index is 260. The summed E-state index contributed by atoms with van der Waals surface area (Å²) in [6.45, 7) is 6.48. The highest BCUT2D eigenvalue weighted by Gasteiger charge is 2.15. The van der Waals surface area contributed by atoms with Crippen LogP contribution in [-0.2, 0) is 9.84 Å². The normalized spacial score (nSPS) is 13.1. The third kappa shape index (κ3) is 7.76. The van der Waals surface area contributed by atoms with Gasteiger partial charge in [-0.2, -0.15) is 0 Å². The lowest BCUT2D eigenvalue weighted by Crippen LogP contribution is -2.41. The van der Waals surface area contributed by atoms with Crippen molar-refractivity contribution in [3.05, 3.63) is 0 Å². The van der Waals surface area contributed by atoms with E-state index in [2.05, 4.69) is 5.32 Å². The van der Waals surface area contributed by atoms with Gasteiger partial charge in [0.15, 0.2) is 0 Å². The molecule has 0 unspecified atom stereocenters. The molecule has 15 heavy (non-hydrogen) atoms. The maximum atomic E-state index is 11.2. The highest BCUT2D eigenvalue weighted by Crippen LogP contribution is 2.06. The first-order valence-electron chi connectivity index (χ1n) is 5.39. The van der Waals surface area contributed by atoms with E-state index < -0.39 is 9.84 Å². The van der Waals surface area contributed by atoms with Crippen molar-refractivity contribution in [2.45, 2.75) is 39.2 Å². The number of sulfone groups is 1. The van der Waals surface area contributed by atoms with Crippen LogP contribution in [0.5, 0.6) is 0 Å². The third-order valence-corrected chi connectivity index (χ3v) is 4.20. The van der Waals surface area contributed by atoms with E-state index in [9.17, 15) is 8.42 Å². The van der Waals surface area contributed by atoms with Crippen molar-refractivity contribution in [2.24, 2.45) is 0 Å². The lowest BCUT2D eigenvalue weighted by atomic mass is 10.0. The van der Waals surface area contributed by atoms with Crippen molar-refractivity contribution in [1.82, 2.24) is 5.32 Å². The zero-order valence-electron chi connectivity index (χ0n) is 9.91. The number of nitrogens with one attached hydrogen (secondary N) is 1. The summed E-state index contributed by atoms with van der Waals surface area (Å²) in [7, 11) is -2.84. The molecule has 0 bridgehead atoms. The maximum absolute atomic E-state index is 11.2. The van der Waals surface area contributed by atoms with Crippen LogP contribution in [0.15, 0.2) is 0 Å². The van der Waals surface area contributed by atoms with Crippen molar-refractivity contribution in [1.29, 1.82) is 0 Å². The molecule has 0 aliphatic heterocycles. The maximum Gasteiger partial charge on any atom is 0.150 e. The largest absolute Gasteiger partial charge is 0.396 e. The van der Waals surface area contributed by atoms with Crippen LogP contribution >= 0.6 is 0 Å². The quantitative estimate of drug-likeness (QED) is 0.605. The fourth-order valence-electron chi connectivity index (χ4n) is 1.23. The predicted molar refractivity (Wildman–Crippen MR) is 62.7 cm³/mol. The summed E-state index contributed by atoms with van der Waals surface area (Å²) in [6, 6.07) is 0. The molecule has 0 aromatic heterocycles.